The summed E-state index contributed by atoms with van der Waals surface area (Å²) in [5.74, 6) is -1.74. The SMILES string of the molecule is CCCC(=O)N1CC(C)N(c2cc3c(cc2F)c(=O)c(C(=O)O)cn3C2CC2)CC1C. The summed E-state index contributed by atoms with van der Waals surface area (Å²) in [5, 5.41) is 9.49. The van der Waals surface area contributed by atoms with Crippen LogP contribution in [0.2, 0.25) is 0 Å². The van der Waals surface area contributed by atoms with Crippen LogP contribution in [0.15, 0.2) is 23.1 Å². The molecule has 1 aliphatic heterocycles. The Kier molecular flexibility index (Phi) is 5.49. The van der Waals surface area contributed by atoms with Crippen LogP contribution in [0.25, 0.3) is 10.9 Å². The third-order valence-corrected chi connectivity index (χ3v) is 6.35. The average Bonchev–Trinajstić information content (AvgIpc) is 3.55. The fourth-order valence-corrected chi connectivity index (χ4v) is 4.55. The fraction of sp³-hybridized carbons (Fsp3) is 0.522. The number of amides is 1. The third-order valence-electron chi connectivity index (χ3n) is 6.35. The number of rotatable bonds is 5. The zero-order valence-corrected chi connectivity index (χ0v) is 18.1. The lowest BCUT2D eigenvalue weighted by atomic mass is 10.0. The molecular weight excluding hydrogens is 401 g/mol. The number of anilines is 1. The van der Waals surface area contributed by atoms with Gasteiger partial charge in [-0.25, -0.2) is 9.18 Å². The number of hydrogen-bond acceptors (Lipinski definition) is 4. The van der Waals surface area contributed by atoms with E-state index in [0.29, 0.717) is 30.7 Å². The lowest BCUT2D eigenvalue weighted by Crippen LogP contribution is -2.58. The van der Waals surface area contributed by atoms with E-state index in [-0.39, 0.29) is 35.0 Å². The van der Waals surface area contributed by atoms with Gasteiger partial charge in [-0.2, -0.15) is 0 Å². The molecule has 1 saturated heterocycles. The van der Waals surface area contributed by atoms with E-state index in [0.717, 1.165) is 19.3 Å². The van der Waals surface area contributed by atoms with E-state index in [1.54, 1.807) is 10.6 Å². The molecule has 2 aliphatic rings. The van der Waals surface area contributed by atoms with E-state index >= 15 is 4.39 Å². The van der Waals surface area contributed by atoms with Gasteiger partial charge < -0.3 is 19.5 Å². The summed E-state index contributed by atoms with van der Waals surface area (Å²) in [6.07, 6.45) is 4.47. The Bertz CT molecular complexity index is 1110. The van der Waals surface area contributed by atoms with Crippen molar-refractivity contribution in [2.24, 2.45) is 0 Å². The van der Waals surface area contributed by atoms with Gasteiger partial charge >= 0.3 is 5.97 Å². The predicted octanol–water partition coefficient (Wildman–Crippen LogP) is 3.40. The molecule has 166 valence electrons. The maximum Gasteiger partial charge on any atom is 0.341 e. The second kappa shape index (κ2) is 7.98. The topological polar surface area (TPSA) is 82.8 Å². The number of nitrogens with zero attached hydrogens (tertiary/aromatic N) is 3. The molecule has 1 aromatic heterocycles. The number of piperazine rings is 1. The van der Waals surface area contributed by atoms with Gasteiger partial charge in [-0.15, -0.1) is 0 Å². The maximum atomic E-state index is 15.2. The van der Waals surface area contributed by atoms with E-state index in [1.807, 2.05) is 30.6 Å². The molecule has 0 radical (unpaired) electrons. The summed E-state index contributed by atoms with van der Waals surface area (Å²) in [7, 11) is 0. The van der Waals surface area contributed by atoms with Crippen molar-refractivity contribution in [2.75, 3.05) is 18.0 Å². The van der Waals surface area contributed by atoms with Crippen LogP contribution in [0.3, 0.4) is 0 Å². The Balaban J connectivity index is 1.77. The first kappa shape index (κ1) is 21.3. The van der Waals surface area contributed by atoms with E-state index in [2.05, 4.69) is 0 Å². The zero-order valence-electron chi connectivity index (χ0n) is 18.1. The summed E-state index contributed by atoms with van der Waals surface area (Å²) < 4.78 is 17.0. The lowest BCUT2D eigenvalue weighted by molar-refractivity contribution is -0.134. The number of carboxylic acids is 1. The molecule has 2 fully saturated rings. The number of carboxylic acid groups (broad SMARTS) is 1. The van der Waals surface area contributed by atoms with Crippen molar-refractivity contribution in [2.45, 2.75) is 64.6 Å². The Morgan fingerprint density at radius 3 is 2.48 bits per heavy atom. The molecule has 7 nitrogen and oxygen atoms in total. The zero-order chi connectivity index (χ0) is 22.4. The predicted molar refractivity (Wildman–Crippen MR) is 116 cm³/mol. The molecule has 2 heterocycles. The molecule has 1 aromatic carbocycles. The highest BCUT2D eigenvalue weighted by molar-refractivity contribution is 5.93. The Morgan fingerprint density at radius 1 is 1.16 bits per heavy atom. The second-order valence-electron chi connectivity index (χ2n) is 8.78. The Morgan fingerprint density at radius 2 is 1.87 bits per heavy atom. The van der Waals surface area contributed by atoms with Gasteiger partial charge in [0.15, 0.2) is 0 Å². The summed E-state index contributed by atoms with van der Waals surface area (Å²) >= 11 is 0. The summed E-state index contributed by atoms with van der Waals surface area (Å²) in [4.78, 5) is 40.5. The number of aromatic nitrogens is 1. The van der Waals surface area contributed by atoms with Crippen molar-refractivity contribution in [1.29, 1.82) is 0 Å². The highest BCUT2D eigenvalue weighted by atomic mass is 19.1. The third kappa shape index (κ3) is 3.79. The average molecular weight is 429 g/mol. The number of benzene rings is 1. The molecule has 4 rings (SSSR count). The van der Waals surface area contributed by atoms with Crippen molar-refractivity contribution < 1.29 is 19.1 Å². The number of halogens is 1. The van der Waals surface area contributed by atoms with Crippen LogP contribution >= 0.6 is 0 Å². The number of pyridine rings is 1. The van der Waals surface area contributed by atoms with Crippen LogP contribution in [0, 0.1) is 5.82 Å². The molecule has 1 N–H and O–H groups in total. The van der Waals surface area contributed by atoms with Gasteiger partial charge in [0.2, 0.25) is 11.3 Å². The summed E-state index contributed by atoms with van der Waals surface area (Å²) in [6.45, 7) is 6.89. The first-order valence-corrected chi connectivity index (χ1v) is 10.9. The van der Waals surface area contributed by atoms with Crippen LogP contribution in [0.1, 0.15) is 62.9 Å². The molecule has 2 unspecified atom stereocenters. The molecule has 31 heavy (non-hydrogen) atoms. The summed E-state index contributed by atoms with van der Waals surface area (Å²) in [5.41, 5.74) is -0.0672. The van der Waals surface area contributed by atoms with Crippen molar-refractivity contribution in [3.05, 3.63) is 39.9 Å². The van der Waals surface area contributed by atoms with Gasteiger partial charge in [0, 0.05) is 49.2 Å². The Labute approximate surface area is 180 Å². The van der Waals surface area contributed by atoms with Crippen LogP contribution in [-0.4, -0.2) is 51.6 Å². The minimum atomic E-state index is -1.30. The smallest absolute Gasteiger partial charge is 0.341 e. The van der Waals surface area contributed by atoms with Gasteiger partial charge in [-0.1, -0.05) is 6.92 Å². The lowest BCUT2D eigenvalue weighted by Gasteiger charge is -2.45. The maximum absolute atomic E-state index is 15.2. The number of carbonyl (C=O) groups excluding carboxylic acids is 1. The van der Waals surface area contributed by atoms with Gasteiger partial charge in [-0.3, -0.25) is 9.59 Å². The highest BCUT2D eigenvalue weighted by Gasteiger charge is 2.34. The summed E-state index contributed by atoms with van der Waals surface area (Å²) in [6, 6.07) is 2.81. The van der Waals surface area contributed by atoms with Gasteiger partial charge in [0.1, 0.15) is 11.4 Å². The van der Waals surface area contributed by atoms with E-state index in [9.17, 15) is 19.5 Å². The second-order valence-corrected chi connectivity index (χ2v) is 8.78. The van der Waals surface area contributed by atoms with Crippen LogP contribution in [0.5, 0.6) is 0 Å². The van der Waals surface area contributed by atoms with Crippen LogP contribution in [-0.2, 0) is 4.79 Å². The van der Waals surface area contributed by atoms with Gasteiger partial charge in [-0.05, 0) is 45.2 Å². The minimum Gasteiger partial charge on any atom is -0.477 e. The molecule has 0 bridgehead atoms. The molecule has 1 amide bonds. The van der Waals surface area contributed by atoms with E-state index in [4.69, 9.17) is 0 Å². The Hall–Kier alpha value is -2.90. The molecule has 2 aromatic rings. The van der Waals surface area contributed by atoms with Crippen LogP contribution in [0.4, 0.5) is 10.1 Å². The first-order valence-electron chi connectivity index (χ1n) is 10.9. The number of hydrogen-bond donors (Lipinski definition) is 1. The number of fused-ring (bicyclic) bond motifs is 1. The van der Waals surface area contributed by atoms with E-state index < -0.39 is 17.2 Å². The molecule has 1 saturated carbocycles. The van der Waals surface area contributed by atoms with Crippen molar-refractivity contribution in [3.8, 4) is 0 Å². The molecule has 2 atom stereocenters. The van der Waals surface area contributed by atoms with Gasteiger partial charge in [0.05, 0.1) is 11.2 Å². The quantitative estimate of drug-likeness (QED) is 0.788. The van der Waals surface area contributed by atoms with E-state index in [1.165, 1.54) is 12.3 Å². The normalized spacial score (nSPS) is 21.5. The van der Waals surface area contributed by atoms with Crippen molar-refractivity contribution in [1.82, 2.24) is 9.47 Å². The number of aromatic carboxylic acids is 1. The van der Waals surface area contributed by atoms with Crippen LogP contribution < -0.4 is 10.3 Å². The fourth-order valence-electron chi connectivity index (χ4n) is 4.55. The van der Waals surface area contributed by atoms with Crippen molar-refractivity contribution >= 4 is 28.5 Å². The molecular formula is C23H28FN3O4. The minimum absolute atomic E-state index is 0.0645. The highest BCUT2D eigenvalue weighted by Crippen LogP contribution is 2.38. The monoisotopic (exact) mass is 429 g/mol. The number of carbonyl (C=O) groups is 2. The van der Waals surface area contributed by atoms with Crippen molar-refractivity contribution in [3.63, 3.8) is 0 Å². The molecule has 1 aliphatic carbocycles. The van der Waals surface area contributed by atoms with Gasteiger partial charge in [0.25, 0.3) is 0 Å². The molecule has 0 spiro atoms. The standard InChI is InChI=1S/C23H28FN3O4/c1-4-5-21(28)26-11-13(2)25(10-14(26)3)20-9-19-16(8-18(20)24)22(29)17(23(30)31)12-27(19)15-6-7-15/h8-9,12-15H,4-7,10-11H2,1-3H3,(H,30,31). The largest absolute Gasteiger partial charge is 0.477 e. The first-order chi connectivity index (χ1) is 14.7. The molecule has 8 heteroatoms.